The number of ether oxygens (including phenoxy) is 1. The van der Waals surface area contributed by atoms with Crippen LogP contribution in [0.15, 0.2) is 30.3 Å². The van der Waals surface area contributed by atoms with Crippen LogP contribution in [0.1, 0.15) is 12.5 Å². The van der Waals surface area contributed by atoms with Gasteiger partial charge in [0.15, 0.2) is 0 Å². The molecule has 1 aromatic carbocycles. The van der Waals surface area contributed by atoms with Crippen molar-refractivity contribution in [1.82, 2.24) is 4.90 Å². The summed E-state index contributed by atoms with van der Waals surface area (Å²) in [5.41, 5.74) is 7.16. The molecule has 1 atom stereocenters. The molecule has 108 valence electrons. The minimum absolute atomic E-state index is 0.178. The summed E-state index contributed by atoms with van der Waals surface area (Å²) in [5, 5.41) is 0. The first kappa shape index (κ1) is 15.8. The van der Waals surface area contributed by atoms with Gasteiger partial charge in [-0.15, -0.1) is 0 Å². The molecule has 5 nitrogen and oxygen atoms in total. The lowest BCUT2D eigenvalue weighted by Crippen LogP contribution is -2.33. The smallest absolute Gasteiger partial charge is 0.310 e. The monoisotopic (exact) mass is 276 g/mol. The first-order chi connectivity index (χ1) is 9.43. The standard InChI is InChI=1S/C15H20N2O3/c1-11(15(19)20-3)10-17(2)14(18)8-7-12-5-4-6-13(16)9-12/h4-9,11H,10,16H2,1-3H3/b8-7+. The highest BCUT2D eigenvalue weighted by Crippen LogP contribution is 2.08. The Kier molecular flexibility index (Phi) is 5.77. The summed E-state index contributed by atoms with van der Waals surface area (Å²) in [5.74, 6) is -0.859. The van der Waals surface area contributed by atoms with E-state index in [2.05, 4.69) is 4.74 Å². The van der Waals surface area contributed by atoms with Crippen LogP contribution in [-0.2, 0) is 14.3 Å². The zero-order chi connectivity index (χ0) is 15.1. The number of hydrogen-bond donors (Lipinski definition) is 1. The summed E-state index contributed by atoms with van der Waals surface area (Å²) in [6, 6.07) is 7.24. The van der Waals surface area contributed by atoms with Gasteiger partial charge in [0.2, 0.25) is 5.91 Å². The van der Waals surface area contributed by atoms with Crippen molar-refractivity contribution in [3.05, 3.63) is 35.9 Å². The normalized spacial score (nSPS) is 12.2. The lowest BCUT2D eigenvalue weighted by Gasteiger charge is -2.18. The zero-order valence-electron chi connectivity index (χ0n) is 12.0. The lowest BCUT2D eigenvalue weighted by molar-refractivity contribution is -0.145. The third-order valence-corrected chi connectivity index (χ3v) is 2.86. The summed E-state index contributed by atoms with van der Waals surface area (Å²) >= 11 is 0. The molecule has 2 N–H and O–H groups in total. The van der Waals surface area contributed by atoms with Crippen LogP contribution in [0.25, 0.3) is 6.08 Å². The van der Waals surface area contributed by atoms with Crippen LogP contribution in [0.4, 0.5) is 5.69 Å². The SMILES string of the molecule is COC(=O)C(C)CN(C)C(=O)/C=C/c1cccc(N)c1. The van der Waals surface area contributed by atoms with Crippen LogP contribution in [0, 0.1) is 5.92 Å². The molecule has 0 aromatic heterocycles. The van der Waals surface area contributed by atoms with Crippen molar-refractivity contribution < 1.29 is 14.3 Å². The maximum atomic E-state index is 11.9. The van der Waals surface area contributed by atoms with Gasteiger partial charge in [-0.3, -0.25) is 9.59 Å². The number of carbonyl (C=O) groups is 2. The molecule has 1 aromatic rings. The Balaban J connectivity index is 2.59. The maximum Gasteiger partial charge on any atom is 0.310 e. The number of carbonyl (C=O) groups excluding carboxylic acids is 2. The fourth-order valence-corrected chi connectivity index (χ4v) is 1.73. The fourth-order valence-electron chi connectivity index (χ4n) is 1.73. The van der Waals surface area contributed by atoms with Gasteiger partial charge >= 0.3 is 5.97 Å². The summed E-state index contributed by atoms with van der Waals surface area (Å²) in [7, 11) is 2.98. The summed E-state index contributed by atoms with van der Waals surface area (Å²) in [6.45, 7) is 2.03. The second kappa shape index (κ2) is 7.33. The molecule has 0 saturated heterocycles. The van der Waals surface area contributed by atoms with Crippen LogP contribution in [0.2, 0.25) is 0 Å². The molecule has 0 saturated carbocycles. The van der Waals surface area contributed by atoms with Gasteiger partial charge in [-0.25, -0.2) is 0 Å². The summed E-state index contributed by atoms with van der Waals surface area (Å²) < 4.78 is 4.63. The minimum atomic E-state index is -0.352. The first-order valence-electron chi connectivity index (χ1n) is 6.30. The van der Waals surface area contributed by atoms with Crippen LogP contribution < -0.4 is 5.73 Å². The largest absolute Gasteiger partial charge is 0.469 e. The Labute approximate surface area is 119 Å². The van der Waals surface area contributed by atoms with Crippen molar-refractivity contribution in [2.24, 2.45) is 5.92 Å². The molecule has 1 rings (SSSR count). The van der Waals surface area contributed by atoms with Crippen molar-refractivity contribution in [3.63, 3.8) is 0 Å². The van der Waals surface area contributed by atoms with Gasteiger partial charge in [0.05, 0.1) is 13.0 Å². The van der Waals surface area contributed by atoms with E-state index in [1.165, 1.54) is 18.1 Å². The molecule has 5 heteroatoms. The Bertz CT molecular complexity index is 512. The van der Waals surface area contributed by atoms with Gasteiger partial charge in [0.25, 0.3) is 0 Å². The van der Waals surface area contributed by atoms with E-state index in [0.29, 0.717) is 12.2 Å². The van der Waals surface area contributed by atoms with E-state index in [-0.39, 0.29) is 17.8 Å². The van der Waals surface area contributed by atoms with Crippen molar-refractivity contribution in [2.75, 3.05) is 26.4 Å². The second-order valence-corrected chi connectivity index (χ2v) is 4.65. The molecule has 1 amide bonds. The highest BCUT2D eigenvalue weighted by atomic mass is 16.5. The van der Waals surface area contributed by atoms with Crippen molar-refractivity contribution >= 4 is 23.6 Å². The highest BCUT2D eigenvalue weighted by molar-refractivity contribution is 5.92. The molecule has 20 heavy (non-hydrogen) atoms. The first-order valence-corrected chi connectivity index (χ1v) is 6.30. The van der Waals surface area contributed by atoms with Gasteiger partial charge in [0, 0.05) is 25.4 Å². The number of esters is 1. The Morgan fingerprint density at radius 2 is 2.15 bits per heavy atom. The van der Waals surface area contributed by atoms with E-state index >= 15 is 0 Å². The van der Waals surface area contributed by atoms with Crippen LogP contribution in [-0.4, -0.2) is 37.5 Å². The topological polar surface area (TPSA) is 72.6 Å². The summed E-state index contributed by atoms with van der Waals surface area (Å²) in [4.78, 5) is 24.7. The van der Waals surface area contributed by atoms with Crippen LogP contribution in [0.3, 0.4) is 0 Å². The predicted octanol–water partition coefficient (Wildman–Crippen LogP) is 1.55. The molecule has 0 bridgehead atoms. The number of benzene rings is 1. The predicted molar refractivity (Wildman–Crippen MR) is 78.7 cm³/mol. The Morgan fingerprint density at radius 1 is 1.45 bits per heavy atom. The van der Waals surface area contributed by atoms with E-state index in [1.54, 1.807) is 32.2 Å². The molecule has 0 aliphatic rings. The zero-order valence-corrected chi connectivity index (χ0v) is 12.0. The number of rotatable bonds is 5. The number of anilines is 1. The molecule has 0 heterocycles. The van der Waals surface area contributed by atoms with E-state index in [9.17, 15) is 9.59 Å². The van der Waals surface area contributed by atoms with Crippen LogP contribution >= 0.6 is 0 Å². The molecule has 0 aliphatic carbocycles. The number of likely N-dealkylation sites (N-methyl/N-ethyl adjacent to an activating group) is 1. The van der Waals surface area contributed by atoms with Crippen LogP contribution in [0.5, 0.6) is 0 Å². The van der Waals surface area contributed by atoms with E-state index in [4.69, 9.17) is 5.73 Å². The Morgan fingerprint density at radius 3 is 2.75 bits per heavy atom. The van der Waals surface area contributed by atoms with Gasteiger partial charge in [0.1, 0.15) is 0 Å². The minimum Gasteiger partial charge on any atom is -0.469 e. The van der Waals surface area contributed by atoms with Crippen molar-refractivity contribution in [1.29, 1.82) is 0 Å². The lowest BCUT2D eigenvalue weighted by atomic mass is 10.1. The summed E-state index contributed by atoms with van der Waals surface area (Å²) in [6.07, 6.45) is 3.15. The quantitative estimate of drug-likeness (QED) is 0.503. The number of nitrogens with zero attached hydrogens (tertiary/aromatic N) is 1. The van der Waals surface area contributed by atoms with E-state index in [0.717, 1.165) is 5.56 Å². The molecular formula is C15H20N2O3. The number of amides is 1. The van der Waals surface area contributed by atoms with Gasteiger partial charge in [-0.2, -0.15) is 0 Å². The third kappa shape index (κ3) is 4.76. The molecule has 1 unspecified atom stereocenters. The van der Waals surface area contributed by atoms with Crippen molar-refractivity contribution in [2.45, 2.75) is 6.92 Å². The Hall–Kier alpha value is -2.30. The van der Waals surface area contributed by atoms with E-state index in [1.807, 2.05) is 12.1 Å². The number of nitrogens with two attached hydrogens (primary N) is 1. The second-order valence-electron chi connectivity index (χ2n) is 4.65. The maximum absolute atomic E-state index is 11.9. The average molecular weight is 276 g/mol. The molecule has 0 spiro atoms. The molecule has 0 fully saturated rings. The number of hydrogen-bond acceptors (Lipinski definition) is 4. The average Bonchev–Trinajstić information content (AvgIpc) is 2.43. The third-order valence-electron chi connectivity index (χ3n) is 2.86. The van der Waals surface area contributed by atoms with E-state index < -0.39 is 0 Å². The number of nitrogen functional groups attached to an aromatic ring is 1. The van der Waals surface area contributed by atoms with Gasteiger partial charge < -0.3 is 15.4 Å². The van der Waals surface area contributed by atoms with Gasteiger partial charge in [-0.05, 0) is 23.8 Å². The van der Waals surface area contributed by atoms with Gasteiger partial charge in [-0.1, -0.05) is 19.1 Å². The molecule has 0 aliphatic heterocycles. The fraction of sp³-hybridized carbons (Fsp3) is 0.333. The number of methoxy groups -OCH3 is 1. The molecular weight excluding hydrogens is 256 g/mol. The molecule has 0 radical (unpaired) electrons. The van der Waals surface area contributed by atoms with Crippen molar-refractivity contribution in [3.8, 4) is 0 Å². The highest BCUT2D eigenvalue weighted by Gasteiger charge is 2.17.